The summed E-state index contributed by atoms with van der Waals surface area (Å²) < 4.78 is 15.2. The molecule has 94 valence electrons. The van der Waals surface area contributed by atoms with Crippen molar-refractivity contribution in [1.82, 2.24) is 9.78 Å². The molecular formula is C13H13FN2O2. The van der Waals surface area contributed by atoms with Crippen LogP contribution in [0.25, 0.3) is 11.1 Å². The van der Waals surface area contributed by atoms with E-state index in [1.54, 1.807) is 24.0 Å². The molecule has 4 nitrogen and oxygen atoms in total. The summed E-state index contributed by atoms with van der Waals surface area (Å²) in [5.74, 6) is -1.49. The van der Waals surface area contributed by atoms with Crippen molar-refractivity contribution in [3.63, 3.8) is 0 Å². The van der Waals surface area contributed by atoms with Gasteiger partial charge in [-0.25, -0.2) is 9.18 Å². The Morgan fingerprint density at radius 1 is 1.50 bits per heavy atom. The number of carboxylic acid groups (broad SMARTS) is 1. The zero-order valence-corrected chi connectivity index (χ0v) is 10.1. The summed E-state index contributed by atoms with van der Waals surface area (Å²) in [6, 6.07) is 2.59. The van der Waals surface area contributed by atoms with Gasteiger partial charge in [0.15, 0.2) is 0 Å². The molecule has 0 atom stereocenters. The van der Waals surface area contributed by atoms with E-state index in [1.165, 1.54) is 12.1 Å². The van der Waals surface area contributed by atoms with Crippen LogP contribution in [-0.2, 0) is 6.54 Å². The van der Waals surface area contributed by atoms with Crippen molar-refractivity contribution in [2.24, 2.45) is 0 Å². The molecule has 0 amide bonds. The van der Waals surface area contributed by atoms with Gasteiger partial charge in [-0.15, -0.1) is 0 Å². The monoisotopic (exact) mass is 248 g/mol. The van der Waals surface area contributed by atoms with E-state index in [9.17, 15) is 9.18 Å². The van der Waals surface area contributed by atoms with Crippen LogP contribution in [0.15, 0.2) is 24.5 Å². The van der Waals surface area contributed by atoms with Crippen LogP contribution in [0.4, 0.5) is 4.39 Å². The van der Waals surface area contributed by atoms with E-state index >= 15 is 0 Å². The van der Waals surface area contributed by atoms with E-state index in [-0.39, 0.29) is 5.56 Å². The van der Waals surface area contributed by atoms with Crippen LogP contribution in [0.2, 0.25) is 0 Å². The summed E-state index contributed by atoms with van der Waals surface area (Å²) >= 11 is 0. The Balaban J connectivity index is 2.61. The molecule has 1 aromatic carbocycles. The van der Waals surface area contributed by atoms with E-state index in [2.05, 4.69) is 5.10 Å². The van der Waals surface area contributed by atoms with Crippen molar-refractivity contribution in [3.8, 4) is 11.1 Å². The molecule has 18 heavy (non-hydrogen) atoms. The Morgan fingerprint density at radius 3 is 2.78 bits per heavy atom. The minimum absolute atomic E-state index is 0.0875. The highest BCUT2D eigenvalue weighted by Gasteiger charge is 2.15. The first kappa shape index (κ1) is 12.3. The molecule has 0 aliphatic rings. The number of carbonyl (C=O) groups is 1. The van der Waals surface area contributed by atoms with Crippen molar-refractivity contribution in [3.05, 3.63) is 41.5 Å². The molecule has 0 bridgehead atoms. The number of aromatic carboxylic acids is 1. The van der Waals surface area contributed by atoms with E-state index in [0.717, 1.165) is 0 Å². The second-order valence-corrected chi connectivity index (χ2v) is 4.04. The molecule has 1 N–H and O–H groups in total. The molecule has 0 fully saturated rings. The fourth-order valence-electron chi connectivity index (χ4n) is 1.77. The van der Waals surface area contributed by atoms with Crippen molar-refractivity contribution in [2.75, 3.05) is 0 Å². The van der Waals surface area contributed by atoms with Crippen LogP contribution in [0, 0.1) is 12.7 Å². The normalized spacial score (nSPS) is 10.6. The lowest BCUT2D eigenvalue weighted by atomic mass is 10.00. The number of aryl methyl sites for hydroxylation is 2. The molecule has 1 aromatic heterocycles. The highest BCUT2D eigenvalue weighted by molar-refractivity contribution is 5.96. The smallest absolute Gasteiger partial charge is 0.336 e. The topological polar surface area (TPSA) is 55.1 Å². The number of hydrogen-bond acceptors (Lipinski definition) is 2. The van der Waals surface area contributed by atoms with Gasteiger partial charge in [0.05, 0.1) is 11.8 Å². The van der Waals surface area contributed by atoms with E-state index < -0.39 is 11.8 Å². The second-order valence-electron chi connectivity index (χ2n) is 4.04. The molecule has 2 rings (SSSR count). The van der Waals surface area contributed by atoms with Crippen LogP contribution in [0.1, 0.15) is 22.8 Å². The average molecular weight is 248 g/mol. The summed E-state index contributed by atoms with van der Waals surface area (Å²) in [6.45, 7) is 4.14. The van der Waals surface area contributed by atoms with Gasteiger partial charge in [0.2, 0.25) is 0 Å². The molecule has 2 aromatic rings. The van der Waals surface area contributed by atoms with Crippen molar-refractivity contribution in [1.29, 1.82) is 0 Å². The SMILES string of the molecule is CCn1cc(-c2cc(F)c(C)cc2C(=O)O)cn1. The summed E-state index contributed by atoms with van der Waals surface area (Å²) in [4.78, 5) is 11.2. The highest BCUT2D eigenvalue weighted by Crippen LogP contribution is 2.26. The summed E-state index contributed by atoms with van der Waals surface area (Å²) in [6.07, 6.45) is 3.25. The first-order chi connectivity index (χ1) is 8.52. The molecule has 0 radical (unpaired) electrons. The van der Waals surface area contributed by atoms with Crippen molar-refractivity contribution >= 4 is 5.97 Å². The number of benzene rings is 1. The quantitative estimate of drug-likeness (QED) is 0.908. The Kier molecular flexibility index (Phi) is 3.14. The average Bonchev–Trinajstić information content (AvgIpc) is 2.80. The number of halogens is 1. The second kappa shape index (κ2) is 4.60. The highest BCUT2D eigenvalue weighted by atomic mass is 19.1. The Labute approximate surface area is 104 Å². The van der Waals surface area contributed by atoms with Crippen LogP contribution < -0.4 is 0 Å². The molecule has 0 aliphatic heterocycles. The fourth-order valence-corrected chi connectivity index (χ4v) is 1.77. The minimum Gasteiger partial charge on any atom is -0.478 e. The first-order valence-corrected chi connectivity index (χ1v) is 5.59. The zero-order valence-electron chi connectivity index (χ0n) is 10.1. The molecule has 0 aliphatic carbocycles. The van der Waals surface area contributed by atoms with E-state index in [0.29, 0.717) is 23.2 Å². The Hall–Kier alpha value is -2.17. The Morgan fingerprint density at radius 2 is 2.22 bits per heavy atom. The zero-order chi connectivity index (χ0) is 13.3. The number of carboxylic acids is 1. The number of nitrogens with zero attached hydrogens (tertiary/aromatic N) is 2. The summed E-state index contributed by atoms with van der Waals surface area (Å²) in [5, 5.41) is 13.2. The van der Waals surface area contributed by atoms with Gasteiger partial charge >= 0.3 is 5.97 Å². The van der Waals surface area contributed by atoms with Gasteiger partial charge in [-0.2, -0.15) is 5.10 Å². The largest absolute Gasteiger partial charge is 0.478 e. The molecule has 5 heteroatoms. The summed E-state index contributed by atoms with van der Waals surface area (Å²) in [5.41, 5.74) is 1.36. The lowest BCUT2D eigenvalue weighted by Crippen LogP contribution is -2.01. The molecule has 0 unspecified atom stereocenters. The number of hydrogen-bond donors (Lipinski definition) is 1. The van der Waals surface area contributed by atoms with Gasteiger partial charge in [-0.3, -0.25) is 4.68 Å². The van der Waals surface area contributed by atoms with Crippen LogP contribution in [-0.4, -0.2) is 20.9 Å². The van der Waals surface area contributed by atoms with Gasteiger partial charge < -0.3 is 5.11 Å². The first-order valence-electron chi connectivity index (χ1n) is 5.59. The van der Waals surface area contributed by atoms with Crippen molar-refractivity contribution < 1.29 is 14.3 Å². The molecule has 0 saturated heterocycles. The maximum absolute atomic E-state index is 13.6. The van der Waals surface area contributed by atoms with Crippen LogP contribution >= 0.6 is 0 Å². The van der Waals surface area contributed by atoms with E-state index in [4.69, 9.17) is 5.11 Å². The van der Waals surface area contributed by atoms with Gasteiger partial charge in [0.25, 0.3) is 0 Å². The Bertz CT molecular complexity index is 605. The third-order valence-corrected chi connectivity index (χ3v) is 2.80. The van der Waals surface area contributed by atoms with Crippen LogP contribution in [0.5, 0.6) is 0 Å². The lowest BCUT2D eigenvalue weighted by Gasteiger charge is -2.06. The minimum atomic E-state index is -1.07. The molecule has 0 saturated carbocycles. The van der Waals surface area contributed by atoms with Gasteiger partial charge in [0.1, 0.15) is 5.82 Å². The summed E-state index contributed by atoms with van der Waals surface area (Å²) in [7, 11) is 0. The molecule has 0 spiro atoms. The van der Waals surface area contributed by atoms with Gasteiger partial charge in [0, 0.05) is 23.9 Å². The van der Waals surface area contributed by atoms with Crippen LogP contribution in [0.3, 0.4) is 0 Å². The predicted molar refractivity (Wildman–Crippen MR) is 65.0 cm³/mol. The van der Waals surface area contributed by atoms with Crippen molar-refractivity contribution in [2.45, 2.75) is 20.4 Å². The predicted octanol–water partition coefficient (Wildman–Crippen LogP) is 2.72. The fraction of sp³-hybridized carbons (Fsp3) is 0.231. The standard InChI is InChI=1S/C13H13FN2O2/c1-3-16-7-9(6-15-16)10-5-12(14)8(2)4-11(10)13(17)18/h4-7H,3H2,1-2H3,(H,17,18). The van der Waals surface area contributed by atoms with Gasteiger partial charge in [-0.05, 0) is 31.5 Å². The van der Waals surface area contributed by atoms with E-state index in [1.807, 2.05) is 6.92 Å². The maximum Gasteiger partial charge on any atom is 0.336 e. The number of rotatable bonds is 3. The molecular weight excluding hydrogens is 235 g/mol. The third kappa shape index (κ3) is 2.11. The maximum atomic E-state index is 13.6. The van der Waals surface area contributed by atoms with Gasteiger partial charge in [-0.1, -0.05) is 0 Å². The molecule has 1 heterocycles. The lowest BCUT2D eigenvalue weighted by molar-refractivity contribution is 0.0697. The number of aromatic nitrogens is 2. The third-order valence-electron chi connectivity index (χ3n) is 2.80.